The van der Waals surface area contributed by atoms with Crippen LogP contribution in [0.2, 0.25) is 0 Å². The summed E-state index contributed by atoms with van der Waals surface area (Å²) in [5, 5.41) is 0. The molecule has 0 aliphatic heterocycles. The third-order valence-electron chi connectivity index (χ3n) is 2.55. The SMILES string of the molecule is C#CCN(CCC)C(=O)c1ccc(OC(F)(F)F)c(N)c1. The van der Waals surface area contributed by atoms with Crippen molar-refractivity contribution in [3.05, 3.63) is 23.8 Å². The van der Waals surface area contributed by atoms with E-state index < -0.39 is 12.1 Å². The quantitative estimate of drug-likeness (QED) is 0.672. The number of nitrogens with two attached hydrogens (primary N) is 1. The topological polar surface area (TPSA) is 55.6 Å². The number of alkyl halides is 3. The van der Waals surface area contributed by atoms with Gasteiger partial charge in [-0.1, -0.05) is 12.8 Å². The average Bonchev–Trinajstić information content (AvgIpc) is 2.38. The van der Waals surface area contributed by atoms with Gasteiger partial charge in [-0.25, -0.2) is 0 Å². The summed E-state index contributed by atoms with van der Waals surface area (Å²) in [5.74, 6) is 1.43. The monoisotopic (exact) mass is 300 g/mol. The number of anilines is 1. The molecule has 7 heteroatoms. The molecule has 114 valence electrons. The zero-order chi connectivity index (χ0) is 16.0. The largest absolute Gasteiger partial charge is 0.573 e. The van der Waals surface area contributed by atoms with Gasteiger partial charge in [-0.15, -0.1) is 19.6 Å². The van der Waals surface area contributed by atoms with Gasteiger partial charge in [0.15, 0.2) is 5.75 Å². The number of ether oxygens (including phenoxy) is 1. The molecular weight excluding hydrogens is 285 g/mol. The highest BCUT2D eigenvalue weighted by Crippen LogP contribution is 2.29. The lowest BCUT2D eigenvalue weighted by Crippen LogP contribution is -2.32. The van der Waals surface area contributed by atoms with Gasteiger partial charge in [-0.2, -0.15) is 0 Å². The number of carbonyl (C=O) groups excluding carboxylic acids is 1. The van der Waals surface area contributed by atoms with Crippen molar-refractivity contribution in [2.75, 3.05) is 18.8 Å². The maximum atomic E-state index is 12.2. The molecule has 0 aliphatic rings. The van der Waals surface area contributed by atoms with Crippen LogP contribution in [0, 0.1) is 12.3 Å². The van der Waals surface area contributed by atoms with Crippen LogP contribution in [0.3, 0.4) is 0 Å². The van der Waals surface area contributed by atoms with E-state index in [0.29, 0.717) is 13.0 Å². The van der Waals surface area contributed by atoms with Gasteiger partial charge in [-0.05, 0) is 24.6 Å². The fourth-order valence-electron chi connectivity index (χ4n) is 1.71. The van der Waals surface area contributed by atoms with E-state index in [1.807, 2.05) is 6.92 Å². The molecule has 1 aromatic carbocycles. The highest BCUT2D eigenvalue weighted by Gasteiger charge is 2.32. The lowest BCUT2D eigenvalue weighted by atomic mass is 10.1. The number of halogens is 3. The maximum Gasteiger partial charge on any atom is 0.573 e. The van der Waals surface area contributed by atoms with Crippen LogP contribution in [-0.2, 0) is 0 Å². The fourth-order valence-corrected chi connectivity index (χ4v) is 1.71. The predicted molar refractivity (Wildman–Crippen MR) is 72.6 cm³/mol. The van der Waals surface area contributed by atoms with Crippen molar-refractivity contribution >= 4 is 11.6 Å². The van der Waals surface area contributed by atoms with Crippen molar-refractivity contribution in [3.8, 4) is 18.1 Å². The minimum atomic E-state index is -4.84. The molecule has 0 bridgehead atoms. The van der Waals surface area contributed by atoms with E-state index >= 15 is 0 Å². The summed E-state index contributed by atoms with van der Waals surface area (Å²) >= 11 is 0. The van der Waals surface area contributed by atoms with E-state index in [4.69, 9.17) is 12.2 Å². The molecular formula is C14H15F3N2O2. The zero-order valence-electron chi connectivity index (χ0n) is 11.4. The van der Waals surface area contributed by atoms with E-state index in [9.17, 15) is 18.0 Å². The Morgan fingerprint density at radius 1 is 1.48 bits per heavy atom. The molecule has 4 nitrogen and oxygen atoms in total. The van der Waals surface area contributed by atoms with Crippen LogP contribution < -0.4 is 10.5 Å². The molecule has 0 radical (unpaired) electrons. The Kier molecular flexibility index (Phi) is 5.47. The highest BCUT2D eigenvalue weighted by atomic mass is 19.4. The zero-order valence-corrected chi connectivity index (χ0v) is 11.4. The van der Waals surface area contributed by atoms with Gasteiger partial charge in [0.2, 0.25) is 0 Å². The third kappa shape index (κ3) is 4.91. The summed E-state index contributed by atoms with van der Waals surface area (Å²) in [6, 6.07) is 3.37. The molecule has 0 unspecified atom stereocenters. The fraction of sp³-hybridized carbons (Fsp3) is 0.357. The van der Waals surface area contributed by atoms with Crippen molar-refractivity contribution in [2.45, 2.75) is 19.7 Å². The smallest absolute Gasteiger partial charge is 0.404 e. The number of benzene rings is 1. The second-order valence-electron chi connectivity index (χ2n) is 4.23. The number of nitrogen functional groups attached to an aromatic ring is 1. The first kappa shape index (κ1) is 16.7. The Labute approximate surface area is 120 Å². The molecule has 0 aromatic heterocycles. The molecule has 0 spiro atoms. The molecule has 1 aromatic rings. The normalized spacial score (nSPS) is 10.8. The van der Waals surface area contributed by atoms with Crippen LogP contribution >= 0.6 is 0 Å². The molecule has 0 fully saturated rings. The molecule has 0 saturated heterocycles. The number of rotatable bonds is 5. The van der Waals surface area contributed by atoms with Gasteiger partial charge in [0.1, 0.15) is 0 Å². The molecule has 1 amide bonds. The van der Waals surface area contributed by atoms with Crippen molar-refractivity contribution in [3.63, 3.8) is 0 Å². The van der Waals surface area contributed by atoms with Crippen molar-refractivity contribution in [1.29, 1.82) is 0 Å². The molecule has 0 aliphatic carbocycles. The van der Waals surface area contributed by atoms with Gasteiger partial charge < -0.3 is 15.4 Å². The van der Waals surface area contributed by atoms with Gasteiger partial charge in [0, 0.05) is 12.1 Å². The summed E-state index contributed by atoms with van der Waals surface area (Å²) in [6.45, 7) is 2.45. The van der Waals surface area contributed by atoms with E-state index in [1.165, 1.54) is 11.0 Å². The van der Waals surface area contributed by atoms with Crippen LogP contribution in [-0.4, -0.2) is 30.3 Å². The van der Waals surface area contributed by atoms with Crippen molar-refractivity contribution in [2.24, 2.45) is 0 Å². The molecule has 0 saturated carbocycles. The van der Waals surface area contributed by atoms with E-state index in [-0.39, 0.29) is 23.7 Å². The van der Waals surface area contributed by atoms with Gasteiger partial charge in [0.05, 0.1) is 12.2 Å². The maximum absolute atomic E-state index is 12.2. The second-order valence-corrected chi connectivity index (χ2v) is 4.23. The Balaban J connectivity index is 2.97. The highest BCUT2D eigenvalue weighted by molar-refractivity contribution is 5.95. The Bertz CT molecular complexity index is 550. The predicted octanol–water partition coefficient (Wildman–Crippen LogP) is 2.65. The van der Waals surface area contributed by atoms with E-state index in [2.05, 4.69) is 10.7 Å². The Morgan fingerprint density at radius 3 is 2.62 bits per heavy atom. The number of carbonyl (C=O) groups is 1. The van der Waals surface area contributed by atoms with Crippen molar-refractivity contribution in [1.82, 2.24) is 4.90 Å². The summed E-state index contributed by atoms with van der Waals surface area (Å²) in [6.07, 6.45) is 1.06. The number of amides is 1. The van der Waals surface area contributed by atoms with Crippen LogP contribution in [0.4, 0.5) is 18.9 Å². The first-order chi connectivity index (χ1) is 9.78. The first-order valence-corrected chi connectivity index (χ1v) is 6.16. The first-order valence-electron chi connectivity index (χ1n) is 6.16. The Hall–Kier alpha value is -2.36. The van der Waals surface area contributed by atoms with Gasteiger partial charge in [-0.3, -0.25) is 4.79 Å². The lowest BCUT2D eigenvalue weighted by molar-refractivity contribution is -0.274. The number of nitrogens with zero attached hydrogens (tertiary/aromatic N) is 1. The molecule has 0 atom stereocenters. The summed E-state index contributed by atoms with van der Waals surface area (Å²) in [7, 11) is 0. The van der Waals surface area contributed by atoms with Gasteiger partial charge >= 0.3 is 6.36 Å². The van der Waals surface area contributed by atoms with Crippen LogP contribution in [0.1, 0.15) is 23.7 Å². The minimum Gasteiger partial charge on any atom is -0.404 e. The third-order valence-corrected chi connectivity index (χ3v) is 2.55. The van der Waals surface area contributed by atoms with Crippen LogP contribution in [0.15, 0.2) is 18.2 Å². The standard InChI is InChI=1S/C14H15F3N2O2/c1-3-7-19(8-4-2)13(20)10-5-6-12(11(18)9-10)21-14(15,16)17/h1,5-6,9H,4,7-8,18H2,2H3. The van der Waals surface area contributed by atoms with Crippen LogP contribution in [0.5, 0.6) is 5.75 Å². The second kappa shape index (κ2) is 6.88. The number of terminal acetylenes is 1. The van der Waals surface area contributed by atoms with Crippen molar-refractivity contribution < 1.29 is 22.7 Å². The summed E-state index contributed by atoms with van der Waals surface area (Å²) in [4.78, 5) is 13.6. The molecule has 2 N–H and O–H groups in total. The minimum absolute atomic E-state index is 0.118. The van der Waals surface area contributed by atoms with Gasteiger partial charge in [0.25, 0.3) is 5.91 Å². The molecule has 0 heterocycles. The number of hydrogen-bond acceptors (Lipinski definition) is 3. The molecule has 21 heavy (non-hydrogen) atoms. The average molecular weight is 300 g/mol. The molecule has 1 rings (SSSR count). The Morgan fingerprint density at radius 2 is 2.14 bits per heavy atom. The van der Waals surface area contributed by atoms with E-state index in [0.717, 1.165) is 12.1 Å². The summed E-state index contributed by atoms with van der Waals surface area (Å²) < 4.78 is 40.1. The summed E-state index contributed by atoms with van der Waals surface area (Å²) in [5.41, 5.74) is 5.37. The van der Waals surface area contributed by atoms with Crippen LogP contribution in [0.25, 0.3) is 0 Å². The van der Waals surface area contributed by atoms with E-state index in [1.54, 1.807) is 0 Å². The number of hydrogen-bond donors (Lipinski definition) is 1. The lowest BCUT2D eigenvalue weighted by Gasteiger charge is -2.20.